The highest BCUT2D eigenvalue weighted by Crippen LogP contribution is 2.12. The van der Waals surface area contributed by atoms with Crippen molar-refractivity contribution in [3.05, 3.63) is 29.8 Å². The lowest BCUT2D eigenvalue weighted by Crippen LogP contribution is -2.40. The molecule has 1 heterocycles. The van der Waals surface area contributed by atoms with Gasteiger partial charge in [-0.3, -0.25) is 0 Å². The van der Waals surface area contributed by atoms with Crippen LogP contribution in [0.2, 0.25) is 0 Å². The molecule has 0 amide bonds. The number of ether oxygens (including phenoxy) is 1. The lowest BCUT2D eigenvalue weighted by molar-refractivity contribution is 0.320. The molecular formula is C13H20N2O3S. The highest BCUT2D eigenvalue weighted by molar-refractivity contribution is 7.87. The third-order valence-corrected chi connectivity index (χ3v) is 4.70. The monoisotopic (exact) mass is 284 g/mol. The van der Waals surface area contributed by atoms with Crippen molar-refractivity contribution in [1.29, 1.82) is 0 Å². The Bertz CT molecular complexity index is 493. The second kappa shape index (κ2) is 6.36. The van der Waals surface area contributed by atoms with E-state index in [9.17, 15) is 8.42 Å². The van der Waals surface area contributed by atoms with Crippen molar-refractivity contribution >= 4 is 10.2 Å². The molecule has 0 bridgehead atoms. The summed E-state index contributed by atoms with van der Waals surface area (Å²) in [6.45, 7) is 3.86. The number of nitrogens with zero attached hydrogens (tertiary/aromatic N) is 1. The van der Waals surface area contributed by atoms with Crippen LogP contribution in [0.1, 0.15) is 18.4 Å². The Morgan fingerprint density at radius 3 is 2.47 bits per heavy atom. The van der Waals surface area contributed by atoms with Gasteiger partial charge in [0.15, 0.2) is 0 Å². The Kier molecular flexibility index (Phi) is 4.79. The summed E-state index contributed by atoms with van der Waals surface area (Å²) in [5.41, 5.74) is 1.17. The molecule has 0 atom stereocenters. The Hall–Kier alpha value is -1.11. The van der Waals surface area contributed by atoms with Crippen molar-refractivity contribution in [2.45, 2.75) is 19.8 Å². The van der Waals surface area contributed by atoms with Crippen molar-refractivity contribution < 1.29 is 13.2 Å². The first-order valence-corrected chi connectivity index (χ1v) is 7.96. The van der Waals surface area contributed by atoms with Crippen LogP contribution < -0.4 is 9.46 Å². The first-order chi connectivity index (χ1) is 9.08. The zero-order valence-corrected chi connectivity index (χ0v) is 11.9. The van der Waals surface area contributed by atoms with E-state index in [0.717, 1.165) is 18.6 Å². The number of benzene rings is 1. The van der Waals surface area contributed by atoms with E-state index in [2.05, 4.69) is 4.72 Å². The van der Waals surface area contributed by atoms with Gasteiger partial charge in [-0.05, 0) is 31.9 Å². The van der Waals surface area contributed by atoms with Crippen molar-refractivity contribution in [3.8, 4) is 5.75 Å². The van der Waals surface area contributed by atoms with Gasteiger partial charge in [-0.15, -0.1) is 0 Å². The van der Waals surface area contributed by atoms with Crippen LogP contribution in [-0.4, -0.2) is 39.0 Å². The molecule has 1 aromatic carbocycles. The lowest BCUT2D eigenvalue weighted by Gasteiger charge is -2.16. The molecule has 0 spiro atoms. The van der Waals surface area contributed by atoms with E-state index < -0.39 is 10.2 Å². The van der Waals surface area contributed by atoms with Gasteiger partial charge in [0.25, 0.3) is 10.2 Å². The summed E-state index contributed by atoms with van der Waals surface area (Å²) >= 11 is 0. The van der Waals surface area contributed by atoms with Gasteiger partial charge in [0.05, 0.1) is 0 Å². The summed E-state index contributed by atoms with van der Waals surface area (Å²) in [6.07, 6.45) is 1.89. The molecule has 1 aromatic rings. The van der Waals surface area contributed by atoms with E-state index in [1.165, 1.54) is 9.87 Å². The van der Waals surface area contributed by atoms with Gasteiger partial charge in [-0.25, -0.2) is 0 Å². The zero-order chi connectivity index (χ0) is 13.7. The van der Waals surface area contributed by atoms with Crippen LogP contribution in [0.15, 0.2) is 24.3 Å². The molecule has 1 fully saturated rings. The summed E-state index contributed by atoms with van der Waals surface area (Å²) in [5.74, 6) is 0.756. The minimum atomic E-state index is -3.32. The van der Waals surface area contributed by atoms with Crippen LogP contribution in [0, 0.1) is 6.92 Å². The van der Waals surface area contributed by atoms with E-state index in [-0.39, 0.29) is 6.54 Å². The highest BCUT2D eigenvalue weighted by Gasteiger charge is 2.24. The average Bonchev–Trinajstić information content (AvgIpc) is 2.91. The molecule has 2 rings (SSSR count). The third-order valence-electron chi connectivity index (χ3n) is 3.08. The largest absolute Gasteiger partial charge is 0.492 e. The number of rotatable bonds is 6. The maximum Gasteiger partial charge on any atom is 0.279 e. The van der Waals surface area contributed by atoms with Crippen LogP contribution in [0.4, 0.5) is 0 Å². The smallest absolute Gasteiger partial charge is 0.279 e. The van der Waals surface area contributed by atoms with Gasteiger partial charge >= 0.3 is 0 Å². The molecule has 0 aliphatic carbocycles. The fourth-order valence-corrected chi connectivity index (χ4v) is 3.26. The van der Waals surface area contributed by atoms with Crippen molar-refractivity contribution in [2.24, 2.45) is 0 Å². The maximum atomic E-state index is 11.8. The Morgan fingerprint density at radius 1 is 1.21 bits per heavy atom. The van der Waals surface area contributed by atoms with Crippen LogP contribution in [-0.2, 0) is 10.2 Å². The number of nitrogens with one attached hydrogen (secondary N) is 1. The average molecular weight is 284 g/mol. The van der Waals surface area contributed by atoms with E-state index in [1.807, 2.05) is 31.2 Å². The van der Waals surface area contributed by atoms with Crippen LogP contribution in [0.25, 0.3) is 0 Å². The SMILES string of the molecule is Cc1ccc(OCCNS(=O)(=O)N2CCCC2)cc1. The molecule has 1 aliphatic rings. The van der Waals surface area contributed by atoms with E-state index in [0.29, 0.717) is 19.7 Å². The molecule has 1 N–H and O–H groups in total. The van der Waals surface area contributed by atoms with Gasteiger partial charge in [-0.2, -0.15) is 17.4 Å². The van der Waals surface area contributed by atoms with Gasteiger partial charge < -0.3 is 4.74 Å². The molecular weight excluding hydrogens is 264 g/mol. The number of aryl methyl sites for hydroxylation is 1. The van der Waals surface area contributed by atoms with E-state index >= 15 is 0 Å². The van der Waals surface area contributed by atoms with Gasteiger partial charge in [0.2, 0.25) is 0 Å². The quantitative estimate of drug-likeness (QED) is 0.801. The Morgan fingerprint density at radius 2 is 1.84 bits per heavy atom. The first-order valence-electron chi connectivity index (χ1n) is 6.52. The second-order valence-electron chi connectivity index (χ2n) is 4.67. The van der Waals surface area contributed by atoms with Crippen molar-refractivity contribution in [3.63, 3.8) is 0 Å². The topological polar surface area (TPSA) is 58.6 Å². The number of hydrogen-bond donors (Lipinski definition) is 1. The van der Waals surface area contributed by atoms with Crippen LogP contribution >= 0.6 is 0 Å². The second-order valence-corrected chi connectivity index (χ2v) is 6.42. The molecule has 106 valence electrons. The van der Waals surface area contributed by atoms with Crippen molar-refractivity contribution in [1.82, 2.24) is 9.03 Å². The van der Waals surface area contributed by atoms with E-state index in [1.54, 1.807) is 0 Å². The Balaban J connectivity index is 1.73. The summed E-state index contributed by atoms with van der Waals surface area (Å²) in [4.78, 5) is 0. The summed E-state index contributed by atoms with van der Waals surface area (Å²) < 4.78 is 33.2. The van der Waals surface area contributed by atoms with Gasteiger partial charge in [0.1, 0.15) is 12.4 Å². The minimum Gasteiger partial charge on any atom is -0.492 e. The standard InChI is InChI=1S/C13H20N2O3S/c1-12-4-6-13(7-5-12)18-11-8-14-19(16,17)15-9-2-3-10-15/h4-7,14H,2-3,8-11H2,1H3. The fourth-order valence-electron chi connectivity index (χ4n) is 1.99. The molecule has 0 radical (unpaired) electrons. The highest BCUT2D eigenvalue weighted by atomic mass is 32.2. The molecule has 0 unspecified atom stereocenters. The fraction of sp³-hybridized carbons (Fsp3) is 0.538. The molecule has 6 heteroatoms. The normalized spacial score (nSPS) is 16.7. The summed E-state index contributed by atoms with van der Waals surface area (Å²) in [5, 5.41) is 0. The Labute approximate surface area is 114 Å². The van der Waals surface area contributed by atoms with Gasteiger partial charge in [-0.1, -0.05) is 17.7 Å². The lowest BCUT2D eigenvalue weighted by atomic mass is 10.2. The molecule has 0 saturated carbocycles. The van der Waals surface area contributed by atoms with Gasteiger partial charge in [0, 0.05) is 19.6 Å². The predicted molar refractivity (Wildman–Crippen MR) is 74.4 cm³/mol. The summed E-state index contributed by atoms with van der Waals surface area (Å²) in [6, 6.07) is 7.68. The summed E-state index contributed by atoms with van der Waals surface area (Å²) in [7, 11) is -3.32. The minimum absolute atomic E-state index is 0.284. The van der Waals surface area contributed by atoms with Crippen LogP contribution in [0.5, 0.6) is 5.75 Å². The maximum absolute atomic E-state index is 11.8. The molecule has 5 nitrogen and oxygen atoms in total. The van der Waals surface area contributed by atoms with Crippen LogP contribution in [0.3, 0.4) is 0 Å². The third kappa shape index (κ3) is 4.19. The molecule has 0 aromatic heterocycles. The van der Waals surface area contributed by atoms with E-state index in [4.69, 9.17) is 4.74 Å². The molecule has 1 saturated heterocycles. The zero-order valence-electron chi connectivity index (χ0n) is 11.1. The van der Waals surface area contributed by atoms with Crippen molar-refractivity contribution in [2.75, 3.05) is 26.2 Å². The number of hydrogen-bond acceptors (Lipinski definition) is 3. The molecule has 1 aliphatic heterocycles. The predicted octanol–water partition coefficient (Wildman–Crippen LogP) is 1.30. The first kappa shape index (κ1) is 14.3. The molecule has 19 heavy (non-hydrogen) atoms.